The summed E-state index contributed by atoms with van der Waals surface area (Å²) in [6.07, 6.45) is 1.22. The maximum Gasteiger partial charge on any atom is 0.414 e. The molecule has 12 nitrogen and oxygen atoms in total. The fourth-order valence-corrected chi connectivity index (χ4v) is 3.63. The zero-order valence-electron chi connectivity index (χ0n) is 19.1. The summed E-state index contributed by atoms with van der Waals surface area (Å²) in [6.45, 7) is 1.15. The predicted molar refractivity (Wildman–Crippen MR) is 125 cm³/mol. The van der Waals surface area contributed by atoms with E-state index in [0.29, 0.717) is 35.7 Å². The van der Waals surface area contributed by atoms with Crippen LogP contribution < -0.4 is 20.4 Å². The maximum absolute atomic E-state index is 15.0. The number of halogens is 1. The number of ether oxygens (including phenoxy) is 2. The van der Waals surface area contributed by atoms with E-state index in [1.165, 1.54) is 36.5 Å². The van der Waals surface area contributed by atoms with Gasteiger partial charge in [0, 0.05) is 30.9 Å². The van der Waals surface area contributed by atoms with Crippen LogP contribution in [0.3, 0.4) is 0 Å². The Hall–Kier alpha value is -4.42. The summed E-state index contributed by atoms with van der Waals surface area (Å²) in [6, 6.07) is 7.62. The summed E-state index contributed by atoms with van der Waals surface area (Å²) in [4.78, 5) is 42.5. The summed E-state index contributed by atoms with van der Waals surface area (Å²) in [5, 5.41) is 10.4. The number of nitrogens with one attached hydrogen (secondary N) is 2. The van der Waals surface area contributed by atoms with Crippen LogP contribution in [0.5, 0.6) is 0 Å². The molecular weight excluding hydrogens is 461 g/mol. The molecule has 0 saturated carbocycles. The van der Waals surface area contributed by atoms with E-state index in [1.807, 2.05) is 0 Å². The van der Waals surface area contributed by atoms with Crippen LogP contribution >= 0.6 is 0 Å². The van der Waals surface area contributed by atoms with Crippen LogP contribution in [0.2, 0.25) is 0 Å². The summed E-state index contributed by atoms with van der Waals surface area (Å²) in [5.41, 5.74) is 1.22. The number of alkyl carbamates (subject to hydrolysis) is 1. The Morgan fingerprint density at radius 2 is 2.09 bits per heavy atom. The normalized spacial score (nSPS) is 17.3. The van der Waals surface area contributed by atoms with E-state index >= 15 is 0 Å². The van der Waals surface area contributed by atoms with Crippen molar-refractivity contribution >= 4 is 36.1 Å². The number of anilines is 2. The zero-order valence-corrected chi connectivity index (χ0v) is 19.1. The third kappa shape index (κ3) is 5.23. The van der Waals surface area contributed by atoms with Crippen LogP contribution in [0.1, 0.15) is 0 Å². The number of nitrogens with zero attached hydrogens (tertiary/aromatic N) is 5. The number of amides is 4. The molecule has 2 N–H and O–H groups in total. The SMILES string of the molecule is CNC(=O)N1CCN(c2ccc(-c3ccc(N4C[C@H](CNC(=O)OC)OC4=O)cc3F)cn2)C=N1. The van der Waals surface area contributed by atoms with E-state index in [0.717, 1.165) is 0 Å². The minimum absolute atomic E-state index is 0.0824. The van der Waals surface area contributed by atoms with Gasteiger partial charge in [0.15, 0.2) is 0 Å². The van der Waals surface area contributed by atoms with Crippen LogP contribution in [0.15, 0.2) is 41.6 Å². The van der Waals surface area contributed by atoms with Crippen LogP contribution in [0.4, 0.5) is 30.3 Å². The van der Waals surface area contributed by atoms with E-state index < -0.39 is 24.1 Å². The topological polar surface area (TPSA) is 129 Å². The number of benzene rings is 1. The Morgan fingerprint density at radius 1 is 1.26 bits per heavy atom. The molecule has 0 aliphatic carbocycles. The van der Waals surface area contributed by atoms with Crippen LogP contribution in [-0.4, -0.2) is 81.0 Å². The molecule has 13 heteroatoms. The second-order valence-electron chi connectivity index (χ2n) is 7.66. The van der Waals surface area contributed by atoms with Crippen LogP contribution in [0, 0.1) is 5.82 Å². The molecule has 1 atom stereocenters. The van der Waals surface area contributed by atoms with Gasteiger partial charge >= 0.3 is 18.2 Å². The molecule has 4 rings (SSSR count). The molecule has 0 radical (unpaired) electrons. The zero-order chi connectivity index (χ0) is 24.9. The third-order valence-corrected chi connectivity index (χ3v) is 5.48. The summed E-state index contributed by atoms with van der Waals surface area (Å²) in [7, 11) is 2.77. The molecular formula is C22H24FN7O5. The average molecular weight is 485 g/mol. The van der Waals surface area contributed by atoms with Gasteiger partial charge < -0.3 is 25.0 Å². The summed E-state index contributed by atoms with van der Waals surface area (Å²) < 4.78 is 24.7. The first-order chi connectivity index (χ1) is 16.9. The number of carbonyl (C=O) groups is 3. The fraction of sp³-hybridized carbons (Fsp3) is 0.318. The van der Waals surface area contributed by atoms with Gasteiger partial charge in [-0.3, -0.25) is 4.90 Å². The molecule has 35 heavy (non-hydrogen) atoms. The highest BCUT2D eigenvalue weighted by Crippen LogP contribution is 2.29. The maximum atomic E-state index is 15.0. The molecule has 3 heterocycles. The quantitative estimate of drug-likeness (QED) is 0.663. The molecule has 1 aromatic carbocycles. The van der Waals surface area contributed by atoms with Crippen molar-refractivity contribution in [2.24, 2.45) is 5.10 Å². The Labute approximate surface area is 200 Å². The number of cyclic esters (lactones) is 1. The smallest absolute Gasteiger partial charge is 0.414 e. The molecule has 184 valence electrons. The van der Waals surface area contributed by atoms with Crippen molar-refractivity contribution in [3.63, 3.8) is 0 Å². The molecule has 1 saturated heterocycles. The van der Waals surface area contributed by atoms with Gasteiger partial charge in [0.1, 0.15) is 24.1 Å². The van der Waals surface area contributed by atoms with Crippen molar-refractivity contribution in [2.75, 3.05) is 50.1 Å². The molecule has 2 aliphatic heterocycles. The third-order valence-electron chi connectivity index (χ3n) is 5.48. The predicted octanol–water partition coefficient (Wildman–Crippen LogP) is 1.97. The second-order valence-corrected chi connectivity index (χ2v) is 7.66. The first kappa shape index (κ1) is 23.7. The van der Waals surface area contributed by atoms with Gasteiger partial charge in [-0.2, -0.15) is 5.10 Å². The number of urea groups is 1. The minimum Gasteiger partial charge on any atom is -0.453 e. The molecule has 0 unspecified atom stereocenters. The summed E-state index contributed by atoms with van der Waals surface area (Å²) in [5.74, 6) is 0.0826. The number of hydrogen-bond donors (Lipinski definition) is 2. The molecule has 0 bridgehead atoms. The number of aromatic nitrogens is 1. The van der Waals surface area contributed by atoms with Gasteiger partial charge in [0.2, 0.25) is 0 Å². The fourth-order valence-electron chi connectivity index (χ4n) is 3.63. The molecule has 0 spiro atoms. The van der Waals surface area contributed by atoms with E-state index in [2.05, 4.69) is 25.5 Å². The van der Waals surface area contributed by atoms with Gasteiger partial charge in [0.25, 0.3) is 0 Å². The average Bonchev–Trinajstić information content (AvgIpc) is 3.27. The van der Waals surface area contributed by atoms with Crippen molar-refractivity contribution in [3.8, 4) is 11.1 Å². The molecule has 4 amide bonds. The highest BCUT2D eigenvalue weighted by atomic mass is 19.1. The van der Waals surface area contributed by atoms with Gasteiger partial charge in [0.05, 0.1) is 32.4 Å². The van der Waals surface area contributed by atoms with E-state index in [1.54, 1.807) is 35.4 Å². The molecule has 2 aliphatic rings. The number of rotatable bonds is 5. The number of hydrazone groups is 1. The van der Waals surface area contributed by atoms with Crippen LogP contribution in [0.25, 0.3) is 11.1 Å². The van der Waals surface area contributed by atoms with Gasteiger partial charge in [-0.05, 0) is 30.3 Å². The highest BCUT2D eigenvalue weighted by molar-refractivity contribution is 5.90. The lowest BCUT2D eigenvalue weighted by atomic mass is 10.1. The standard InChI is InChI=1S/C22H24FN7O5/c1-24-20(31)30-8-7-28(13-27-30)19-6-3-14(10-25-19)17-5-4-15(9-18(17)23)29-12-16(35-22(29)33)11-26-21(32)34-2/h3-6,9-10,13,16H,7-8,11-12H2,1-2H3,(H,24,31)(H,26,32)/t16-/m0/s1. The van der Waals surface area contributed by atoms with Gasteiger partial charge in [-0.1, -0.05) is 0 Å². The number of pyridine rings is 1. The van der Waals surface area contributed by atoms with Crippen molar-refractivity contribution in [1.82, 2.24) is 20.6 Å². The Morgan fingerprint density at radius 3 is 2.71 bits per heavy atom. The number of methoxy groups -OCH3 is 1. The van der Waals surface area contributed by atoms with E-state index in [4.69, 9.17) is 4.74 Å². The lowest BCUT2D eigenvalue weighted by molar-refractivity contribution is 0.132. The highest BCUT2D eigenvalue weighted by Gasteiger charge is 2.33. The van der Waals surface area contributed by atoms with Crippen molar-refractivity contribution in [1.29, 1.82) is 0 Å². The minimum atomic E-state index is -0.632. The number of hydrogen-bond acceptors (Lipinski definition) is 8. The lowest BCUT2D eigenvalue weighted by Gasteiger charge is -2.27. The van der Waals surface area contributed by atoms with E-state index in [9.17, 15) is 18.8 Å². The van der Waals surface area contributed by atoms with Crippen molar-refractivity contribution < 1.29 is 28.2 Å². The Balaban J connectivity index is 1.42. The molecule has 2 aromatic rings. The van der Waals surface area contributed by atoms with Crippen LogP contribution in [-0.2, 0) is 9.47 Å². The summed E-state index contributed by atoms with van der Waals surface area (Å²) >= 11 is 0. The van der Waals surface area contributed by atoms with Gasteiger partial charge in [-0.25, -0.2) is 28.8 Å². The van der Waals surface area contributed by atoms with E-state index in [-0.39, 0.29) is 19.1 Å². The molecule has 1 aromatic heterocycles. The Bertz CT molecular complexity index is 1140. The molecule has 1 fully saturated rings. The van der Waals surface area contributed by atoms with Crippen molar-refractivity contribution in [2.45, 2.75) is 6.10 Å². The monoisotopic (exact) mass is 485 g/mol. The Kier molecular flexibility index (Phi) is 6.94. The second kappa shape index (κ2) is 10.2. The number of carbonyl (C=O) groups excluding carboxylic acids is 3. The van der Waals surface area contributed by atoms with Gasteiger partial charge in [-0.15, -0.1) is 0 Å². The lowest BCUT2D eigenvalue weighted by Crippen LogP contribution is -2.44. The largest absolute Gasteiger partial charge is 0.453 e. The van der Waals surface area contributed by atoms with Crippen molar-refractivity contribution in [3.05, 3.63) is 42.3 Å². The first-order valence-electron chi connectivity index (χ1n) is 10.8. The first-order valence-corrected chi connectivity index (χ1v) is 10.8.